The zero-order valence-corrected chi connectivity index (χ0v) is 10.7. The van der Waals surface area contributed by atoms with Gasteiger partial charge in [0.05, 0.1) is 0 Å². The van der Waals surface area contributed by atoms with Crippen LogP contribution in [-0.4, -0.2) is 30.9 Å². The summed E-state index contributed by atoms with van der Waals surface area (Å²) in [6, 6.07) is -0.552. The van der Waals surface area contributed by atoms with Crippen LogP contribution in [0.1, 0.15) is 33.1 Å². The Bertz CT molecular complexity index is 273. The first-order valence-corrected chi connectivity index (χ1v) is 6.30. The minimum absolute atomic E-state index is 0.0319. The molecule has 1 saturated heterocycles. The van der Waals surface area contributed by atoms with Gasteiger partial charge in [-0.2, -0.15) is 0 Å². The van der Waals surface area contributed by atoms with Crippen molar-refractivity contribution in [2.24, 2.45) is 17.6 Å². The second kappa shape index (κ2) is 6.59. The van der Waals surface area contributed by atoms with E-state index in [1.54, 1.807) is 0 Å². The first-order valence-electron chi connectivity index (χ1n) is 6.30. The van der Waals surface area contributed by atoms with Gasteiger partial charge in [-0.05, 0) is 37.8 Å². The van der Waals surface area contributed by atoms with Crippen molar-refractivity contribution in [3.8, 4) is 0 Å². The van der Waals surface area contributed by atoms with Crippen LogP contribution < -0.4 is 16.4 Å². The second-order valence-electron chi connectivity index (χ2n) is 5.09. The Kier molecular flexibility index (Phi) is 5.41. The third-order valence-electron chi connectivity index (χ3n) is 3.22. The summed E-state index contributed by atoms with van der Waals surface area (Å²) in [5, 5.41) is 5.99. The molecule has 1 unspecified atom stereocenters. The summed E-state index contributed by atoms with van der Waals surface area (Å²) in [5.74, 6) is -0.0607. The van der Waals surface area contributed by atoms with Gasteiger partial charge in [-0.1, -0.05) is 13.8 Å². The highest BCUT2D eigenvalue weighted by molar-refractivity contribution is 5.86. The minimum Gasteiger partial charge on any atom is -0.368 e. The summed E-state index contributed by atoms with van der Waals surface area (Å²) >= 11 is 0. The van der Waals surface area contributed by atoms with Gasteiger partial charge in [-0.25, -0.2) is 0 Å². The molecule has 0 radical (unpaired) electrons. The predicted octanol–water partition coefficient (Wildman–Crippen LogP) is 0.00220. The van der Waals surface area contributed by atoms with Gasteiger partial charge in [0, 0.05) is 6.42 Å². The molecule has 0 saturated carbocycles. The van der Waals surface area contributed by atoms with Crippen molar-refractivity contribution < 1.29 is 9.59 Å². The van der Waals surface area contributed by atoms with Crippen molar-refractivity contribution >= 4 is 11.8 Å². The number of carbonyl (C=O) groups is 2. The molecule has 0 aromatic carbocycles. The van der Waals surface area contributed by atoms with Crippen LogP contribution in [0, 0.1) is 11.8 Å². The lowest BCUT2D eigenvalue weighted by Crippen LogP contribution is -2.48. The van der Waals surface area contributed by atoms with Crippen LogP contribution in [-0.2, 0) is 9.59 Å². The lowest BCUT2D eigenvalue weighted by atomic mass is 9.94. The smallest absolute Gasteiger partial charge is 0.240 e. The van der Waals surface area contributed by atoms with Crippen molar-refractivity contribution in [3.05, 3.63) is 0 Å². The molecule has 0 bridgehead atoms. The fourth-order valence-electron chi connectivity index (χ4n) is 2.15. The van der Waals surface area contributed by atoms with E-state index in [1.165, 1.54) is 0 Å². The maximum Gasteiger partial charge on any atom is 0.240 e. The van der Waals surface area contributed by atoms with Gasteiger partial charge in [-0.15, -0.1) is 0 Å². The van der Waals surface area contributed by atoms with Gasteiger partial charge in [0.25, 0.3) is 0 Å². The van der Waals surface area contributed by atoms with E-state index in [-0.39, 0.29) is 11.8 Å². The van der Waals surface area contributed by atoms with Crippen LogP contribution in [0.15, 0.2) is 0 Å². The van der Waals surface area contributed by atoms with Crippen LogP contribution in [0.5, 0.6) is 0 Å². The molecule has 0 aliphatic carbocycles. The summed E-state index contributed by atoms with van der Waals surface area (Å²) in [6.45, 7) is 5.70. The van der Waals surface area contributed by atoms with E-state index in [1.807, 2.05) is 13.8 Å². The van der Waals surface area contributed by atoms with E-state index < -0.39 is 11.9 Å². The fraction of sp³-hybridized carbons (Fsp3) is 0.833. The van der Waals surface area contributed by atoms with Gasteiger partial charge >= 0.3 is 0 Å². The van der Waals surface area contributed by atoms with Gasteiger partial charge in [0.1, 0.15) is 6.04 Å². The molecule has 0 aromatic rings. The number of piperidine rings is 1. The Hall–Kier alpha value is -1.10. The number of rotatable bonds is 5. The molecule has 5 nitrogen and oxygen atoms in total. The van der Waals surface area contributed by atoms with Crippen LogP contribution in [0.3, 0.4) is 0 Å². The molecule has 17 heavy (non-hydrogen) atoms. The molecular weight excluding hydrogens is 218 g/mol. The zero-order valence-electron chi connectivity index (χ0n) is 10.7. The highest BCUT2D eigenvalue weighted by atomic mass is 16.2. The highest BCUT2D eigenvalue weighted by Crippen LogP contribution is 2.15. The van der Waals surface area contributed by atoms with E-state index in [2.05, 4.69) is 10.6 Å². The average Bonchev–Trinajstić information content (AvgIpc) is 2.26. The average molecular weight is 241 g/mol. The lowest BCUT2D eigenvalue weighted by molar-refractivity contribution is -0.129. The van der Waals surface area contributed by atoms with Crippen LogP contribution in [0.25, 0.3) is 0 Å². The van der Waals surface area contributed by atoms with Gasteiger partial charge < -0.3 is 16.4 Å². The van der Waals surface area contributed by atoms with Crippen molar-refractivity contribution in [2.75, 3.05) is 13.1 Å². The van der Waals surface area contributed by atoms with E-state index in [0.717, 1.165) is 25.9 Å². The SMILES string of the molecule is CC(C)C(NC(=O)CC1CCNCC1)C(N)=O. The minimum atomic E-state index is -0.552. The molecule has 0 spiro atoms. The summed E-state index contributed by atoms with van der Waals surface area (Å²) in [6.07, 6.45) is 2.55. The molecule has 4 N–H and O–H groups in total. The predicted molar refractivity (Wildman–Crippen MR) is 66.2 cm³/mol. The Labute approximate surface area is 103 Å². The van der Waals surface area contributed by atoms with Crippen molar-refractivity contribution in [1.82, 2.24) is 10.6 Å². The molecule has 1 rings (SSSR count). The molecule has 5 heteroatoms. The van der Waals surface area contributed by atoms with Crippen LogP contribution in [0.4, 0.5) is 0 Å². The van der Waals surface area contributed by atoms with Gasteiger partial charge in [-0.3, -0.25) is 9.59 Å². The molecule has 1 aliphatic heterocycles. The largest absolute Gasteiger partial charge is 0.368 e. The third-order valence-corrected chi connectivity index (χ3v) is 3.22. The third kappa shape index (κ3) is 4.73. The maximum atomic E-state index is 11.8. The molecule has 0 aromatic heterocycles. The molecular formula is C12H23N3O2. The van der Waals surface area contributed by atoms with Gasteiger partial charge in [0.15, 0.2) is 0 Å². The number of primary amides is 1. The summed E-state index contributed by atoms with van der Waals surface area (Å²) in [4.78, 5) is 23.0. The monoisotopic (exact) mass is 241 g/mol. The normalized spacial score (nSPS) is 19.0. The van der Waals surface area contributed by atoms with E-state index >= 15 is 0 Å². The Morgan fingerprint density at radius 2 is 1.94 bits per heavy atom. The molecule has 1 heterocycles. The number of nitrogens with one attached hydrogen (secondary N) is 2. The number of carbonyl (C=O) groups excluding carboxylic acids is 2. The second-order valence-corrected chi connectivity index (χ2v) is 5.09. The Morgan fingerprint density at radius 1 is 1.35 bits per heavy atom. The number of hydrogen-bond acceptors (Lipinski definition) is 3. The number of nitrogens with two attached hydrogens (primary N) is 1. The van der Waals surface area contributed by atoms with E-state index in [4.69, 9.17) is 5.73 Å². The number of amides is 2. The summed E-state index contributed by atoms with van der Waals surface area (Å²) in [5.41, 5.74) is 5.26. The van der Waals surface area contributed by atoms with Crippen LogP contribution in [0.2, 0.25) is 0 Å². The topological polar surface area (TPSA) is 84.2 Å². The lowest BCUT2D eigenvalue weighted by Gasteiger charge is -2.24. The van der Waals surface area contributed by atoms with Crippen molar-refractivity contribution in [2.45, 2.75) is 39.2 Å². The zero-order chi connectivity index (χ0) is 12.8. The molecule has 1 aliphatic rings. The molecule has 2 amide bonds. The first-order chi connectivity index (χ1) is 8.00. The highest BCUT2D eigenvalue weighted by Gasteiger charge is 2.23. The van der Waals surface area contributed by atoms with Gasteiger partial charge in [0.2, 0.25) is 11.8 Å². The maximum absolute atomic E-state index is 11.8. The standard InChI is InChI=1S/C12H23N3O2/c1-8(2)11(12(13)17)15-10(16)7-9-3-5-14-6-4-9/h8-9,11,14H,3-7H2,1-2H3,(H2,13,17)(H,15,16). The first kappa shape index (κ1) is 14.0. The molecule has 98 valence electrons. The quantitative estimate of drug-likeness (QED) is 0.633. The fourth-order valence-corrected chi connectivity index (χ4v) is 2.15. The number of hydrogen-bond donors (Lipinski definition) is 3. The Morgan fingerprint density at radius 3 is 2.41 bits per heavy atom. The summed E-state index contributed by atoms with van der Waals surface area (Å²) in [7, 11) is 0. The van der Waals surface area contributed by atoms with Crippen molar-refractivity contribution in [1.29, 1.82) is 0 Å². The molecule has 1 atom stereocenters. The molecule has 1 fully saturated rings. The Balaban J connectivity index is 2.38. The van der Waals surface area contributed by atoms with E-state index in [9.17, 15) is 9.59 Å². The summed E-state index contributed by atoms with van der Waals surface area (Å²) < 4.78 is 0. The van der Waals surface area contributed by atoms with E-state index in [0.29, 0.717) is 12.3 Å². The van der Waals surface area contributed by atoms with Crippen LogP contribution >= 0.6 is 0 Å². The van der Waals surface area contributed by atoms with Crippen molar-refractivity contribution in [3.63, 3.8) is 0 Å².